The SMILES string of the molecule is Cc1ccc(S(=O)(=O)N(CC(=O)NCc2ccc(-n3ccnc3)cc2)c2ccc(C)c(Cl)c2)cc1. The first-order valence-electron chi connectivity index (χ1n) is 10.9. The molecule has 7 nitrogen and oxygen atoms in total. The number of imidazole rings is 1. The van der Waals surface area contributed by atoms with Gasteiger partial charge in [-0.25, -0.2) is 13.4 Å². The Bertz CT molecular complexity index is 1420. The van der Waals surface area contributed by atoms with Crippen LogP contribution in [-0.4, -0.2) is 30.4 Å². The van der Waals surface area contributed by atoms with E-state index in [1.54, 1.807) is 42.9 Å². The molecule has 3 aromatic carbocycles. The van der Waals surface area contributed by atoms with Crippen molar-refractivity contribution in [3.63, 3.8) is 0 Å². The fourth-order valence-electron chi connectivity index (χ4n) is 3.47. The monoisotopic (exact) mass is 508 g/mol. The van der Waals surface area contributed by atoms with Crippen LogP contribution < -0.4 is 9.62 Å². The normalized spacial score (nSPS) is 11.3. The van der Waals surface area contributed by atoms with Crippen LogP contribution >= 0.6 is 11.6 Å². The summed E-state index contributed by atoms with van der Waals surface area (Å²) in [7, 11) is -4.00. The van der Waals surface area contributed by atoms with Crippen molar-refractivity contribution >= 4 is 33.2 Å². The van der Waals surface area contributed by atoms with Crippen molar-refractivity contribution in [3.8, 4) is 5.69 Å². The zero-order chi connectivity index (χ0) is 25.0. The van der Waals surface area contributed by atoms with Crippen LogP contribution in [0.25, 0.3) is 5.69 Å². The molecule has 0 radical (unpaired) electrons. The molecule has 1 amide bonds. The molecular formula is C26H25ClN4O3S. The Labute approximate surface area is 210 Å². The Kier molecular flexibility index (Phi) is 7.23. The molecule has 180 valence electrons. The topological polar surface area (TPSA) is 84.3 Å². The minimum atomic E-state index is -4.00. The first-order chi connectivity index (χ1) is 16.7. The number of amides is 1. The van der Waals surface area contributed by atoms with Gasteiger partial charge in [0.1, 0.15) is 6.54 Å². The third-order valence-electron chi connectivity index (χ3n) is 5.57. The predicted molar refractivity (Wildman–Crippen MR) is 137 cm³/mol. The molecule has 1 heterocycles. The van der Waals surface area contributed by atoms with Gasteiger partial charge in [0, 0.05) is 29.6 Å². The molecule has 0 saturated carbocycles. The second-order valence-corrected chi connectivity index (χ2v) is 10.4. The number of aryl methyl sites for hydroxylation is 2. The fraction of sp³-hybridized carbons (Fsp3) is 0.154. The van der Waals surface area contributed by atoms with Crippen LogP contribution in [0.15, 0.2) is 90.3 Å². The highest BCUT2D eigenvalue weighted by atomic mass is 35.5. The summed E-state index contributed by atoms with van der Waals surface area (Å²) >= 11 is 6.27. The van der Waals surface area contributed by atoms with Gasteiger partial charge in [-0.2, -0.15) is 0 Å². The number of halogens is 1. The Hall–Kier alpha value is -3.62. The van der Waals surface area contributed by atoms with Crippen LogP contribution in [0.2, 0.25) is 5.02 Å². The summed E-state index contributed by atoms with van der Waals surface area (Å²) in [5.41, 5.74) is 3.90. The molecule has 1 aromatic heterocycles. The molecule has 0 atom stereocenters. The molecule has 35 heavy (non-hydrogen) atoms. The van der Waals surface area contributed by atoms with Gasteiger partial charge in [-0.1, -0.05) is 47.5 Å². The molecule has 0 aliphatic rings. The van der Waals surface area contributed by atoms with Crippen molar-refractivity contribution in [2.24, 2.45) is 0 Å². The number of nitrogens with one attached hydrogen (secondary N) is 1. The van der Waals surface area contributed by atoms with E-state index in [-0.39, 0.29) is 18.0 Å². The summed E-state index contributed by atoms with van der Waals surface area (Å²) in [6, 6.07) is 19.1. The van der Waals surface area contributed by atoms with E-state index in [9.17, 15) is 13.2 Å². The maximum atomic E-state index is 13.5. The van der Waals surface area contributed by atoms with Gasteiger partial charge in [-0.15, -0.1) is 0 Å². The van der Waals surface area contributed by atoms with E-state index in [0.717, 1.165) is 26.7 Å². The van der Waals surface area contributed by atoms with Crippen molar-refractivity contribution in [3.05, 3.63) is 107 Å². The molecule has 0 bridgehead atoms. The van der Waals surface area contributed by atoms with Crippen molar-refractivity contribution < 1.29 is 13.2 Å². The highest BCUT2D eigenvalue weighted by Crippen LogP contribution is 2.28. The molecule has 1 N–H and O–H groups in total. The van der Waals surface area contributed by atoms with Crippen LogP contribution in [0.5, 0.6) is 0 Å². The molecule has 0 saturated heterocycles. The van der Waals surface area contributed by atoms with E-state index >= 15 is 0 Å². The first kappa shape index (κ1) is 24.5. The minimum Gasteiger partial charge on any atom is -0.350 e. The summed E-state index contributed by atoms with van der Waals surface area (Å²) in [6.07, 6.45) is 5.25. The van der Waals surface area contributed by atoms with E-state index in [1.165, 1.54) is 12.1 Å². The van der Waals surface area contributed by atoms with Crippen molar-refractivity contribution in [2.45, 2.75) is 25.3 Å². The van der Waals surface area contributed by atoms with E-state index in [2.05, 4.69) is 10.3 Å². The highest BCUT2D eigenvalue weighted by molar-refractivity contribution is 7.92. The van der Waals surface area contributed by atoms with Crippen molar-refractivity contribution in [2.75, 3.05) is 10.8 Å². The summed E-state index contributed by atoms with van der Waals surface area (Å²) in [5, 5.41) is 3.24. The van der Waals surface area contributed by atoms with Gasteiger partial charge in [0.25, 0.3) is 10.0 Å². The molecule has 4 rings (SSSR count). The maximum Gasteiger partial charge on any atom is 0.264 e. The van der Waals surface area contributed by atoms with Crippen LogP contribution in [0.3, 0.4) is 0 Å². The van der Waals surface area contributed by atoms with E-state index in [4.69, 9.17) is 11.6 Å². The zero-order valence-electron chi connectivity index (χ0n) is 19.3. The summed E-state index contributed by atoms with van der Waals surface area (Å²) < 4.78 is 30.0. The number of carbonyl (C=O) groups is 1. The number of anilines is 1. The van der Waals surface area contributed by atoms with Crippen LogP contribution in [0, 0.1) is 13.8 Å². The smallest absolute Gasteiger partial charge is 0.264 e. The van der Waals surface area contributed by atoms with Gasteiger partial charge in [0.05, 0.1) is 16.9 Å². The third-order valence-corrected chi connectivity index (χ3v) is 7.76. The average molecular weight is 509 g/mol. The van der Waals surface area contributed by atoms with Crippen LogP contribution in [-0.2, 0) is 21.4 Å². The molecule has 0 spiro atoms. The van der Waals surface area contributed by atoms with E-state index in [0.29, 0.717) is 10.7 Å². The van der Waals surface area contributed by atoms with E-state index in [1.807, 2.05) is 48.9 Å². The predicted octanol–water partition coefficient (Wildman–Crippen LogP) is 4.65. The second-order valence-electron chi connectivity index (χ2n) is 8.17. The number of sulfonamides is 1. The number of aromatic nitrogens is 2. The van der Waals surface area contributed by atoms with E-state index < -0.39 is 15.9 Å². The Morgan fingerprint density at radius 1 is 1.03 bits per heavy atom. The molecule has 0 aliphatic heterocycles. The highest BCUT2D eigenvalue weighted by Gasteiger charge is 2.27. The number of carbonyl (C=O) groups excluding carboxylic acids is 1. The molecular weight excluding hydrogens is 484 g/mol. The largest absolute Gasteiger partial charge is 0.350 e. The lowest BCUT2D eigenvalue weighted by Gasteiger charge is -2.24. The number of benzene rings is 3. The van der Waals surface area contributed by atoms with Gasteiger partial charge in [-0.05, 0) is 61.4 Å². The Morgan fingerprint density at radius 2 is 1.74 bits per heavy atom. The molecule has 0 aliphatic carbocycles. The molecule has 4 aromatic rings. The standard InChI is InChI=1S/C26H25ClN4O3S/c1-19-3-11-24(12-4-19)35(33,34)31(23-8-5-20(2)25(27)15-23)17-26(32)29-16-21-6-9-22(10-7-21)30-14-13-28-18-30/h3-15,18H,16-17H2,1-2H3,(H,29,32). The van der Waals surface area contributed by atoms with Crippen molar-refractivity contribution in [1.82, 2.24) is 14.9 Å². The lowest BCUT2D eigenvalue weighted by atomic mass is 10.2. The average Bonchev–Trinajstić information content (AvgIpc) is 3.39. The number of hydrogen-bond donors (Lipinski definition) is 1. The van der Waals surface area contributed by atoms with Crippen LogP contribution in [0.1, 0.15) is 16.7 Å². The number of rotatable bonds is 8. The minimum absolute atomic E-state index is 0.0997. The maximum absolute atomic E-state index is 13.5. The van der Waals surface area contributed by atoms with Gasteiger partial charge >= 0.3 is 0 Å². The number of hydrogen-bond acceptors (Lipinski definition) is 4. The van der Waals surface area contributed by atoms with Gasteiger partial charge in [0.15, 0.2) is 0 Å². The lowest BCUT2D eigenvalue weighted by Crippen LogP contribution is -2.40. The summed E-state index contributed by atoms with van der Waals surface area (Å²) in [4.78, 5) is 17.0. The molecule has 9 heteroatoms. The second kappa shape index (κ2) is 10.3. The summed E-state index contributed by atoms with van der Waals surface area (Å²) in [5.74, 6) is -0.434. The number of nitrogens with zero attached hydrogens (tertiary/aromatic N) is 3. The molecule has 0 fully saturated rings. The lowest BCUT2D eigenvalue weighted by molar-refractivity contribution is -0.119. The van der Waals surface area contributed by atoms with Gasteiger partial charge < -0.3 is 9.88 Å². The zero-order valence-corrected chi connectivity index (χ0v) is 20.9. The van der Waals surface area contributed by atoms with Gasteiger partial charge in [0.2, 0.25) is 5.91 Å². The first-order valence-corrected chi connectivity index (χ1v) is 12.8. The van der Waals surface area contributed by atoms with Crippen molar-refractivity contribution in [1.29, 1.82) is 0 Å². The summed E-state index contributed by atoms with van der Waals surface area (Å²) in [6.45, 7) is 3.58. The molecule has 0 unspecified atom stereocenters. The third kappa shape index (κ3) is 5.72. The van der Waals surface area contributed by atoms with Crippen LogP contribution in [0.4, 0.5) is 5.69 Å². The Balaban J connectivity index is 1.53. The quantitative estimate of drug-likeness (QED) is 0.375. The Morgan fingerprint density at radius 3 is 2.37 bits per heavy atom. The van der Waals surface area contributed by atoms with Gasteiger partial charge in [-0.3, -0.25) is 9.10 Å². The fourth-order valence-corrected chi connectivity index (χ4v) is 5.06.